The van der Waals surface area contributed by atoms with Crippen LogP contribution in [-0.2, 0) is 0 Å². The first-order chi connectivity index (χ1) is 9.65. The van der Waals surface area contributed by atoms with E-state index < -0.39 is 11.0 Å². The highest BCUT2D eigenvalue weighted by molar-refractivity contribution is 5.94. The van der Waals surface area contributed by atoms with Crippen molar-refractivity contribution in [3.05, 3.63) is 41.0 Å². The van der Waals surface area contributed by atoms with Gasteiger partial charge in [-0.25, -0.2) is 9.78 Å². The number of fused-ring (bicyclic) bond motifs is 1. The number of hydrogen-bond acceptors (Lipinski definition) is 6. The minimum atomic E-state index is -0.606. The molecule has 0 saturated heterocycles. The molecule has 102 valence electrons. The Hall–Kier alpha value is -3.10. The number of nitrogens with one attached hydrogen (secondary N) is 1. The quantitative estimate of drug-likeness (QED) is 0.659. The molecule has 1 aliphatic rings. The van der Waals surface area contributed by atoms with E-state index in [1.807, 2.05) is 0 Å². The Bertz CT molecular complexity index is 682. The van der Waals surface area contributed by atoms with Crippen LogP contribution < -0.4 is 14.8 Å². The van der Waals surface area contributed by atoms with Gasteiger partial charge in [0.25, 0.3) is 5.69 Å². The van der Waals surface area contributed by atoms with Gasteiger partial charge in [-0.15, -0.1) is 0 Å². The van der Waals surface area contributed by atoms with Gasteiger partial charge >= 0.3 is 6.03 Å². The van der Waals surface area contributed by atoms with Crippen LogP contribution in [0, 0.1) is 10.1 Å². The van der Waals surface area contributed by atoms with E-state index in [9.17, 15) is 14.9 Å². The van der Waals surface area contributed by atoms with E-state index >= 15 is 0 Å². The van der Waals surface area contributed by atoms with Crippen molar-refractivity contribution in [3.8, 4) is 11.5 Å². The second-order valence-corrected chi connectivity index (χ2v) is 3.88. The van der Waals surface area contributed by atoms with Gasteiger partial charge in [0.15, 0.2) is 11.5 Å². The van der Waals surface area contributed by atoms with E-state index in [2.05, 4.69) is 10.3 Å². The normalized spacial score (nSPS) is 12.2. The predicted octanol–water partition coefficient (Wildman–Crippen LogP) is 1.60. The van der Waals surface area contributed by atoms with E-state index in [4.69, 9.17) is 9.47 Å². The Kier molecular flexibility index (Phi) is 2.71. The number of carbonyl (C=O) groups excluding carboxylic acids is 1. The first kappa shape index (κ1) is 12.0. The summed E-state index contributed by atoms with van der Waals surface area (Å²) in [6.07, 6.45) is 4.13. The number of benzene rings is 1. The number of ether oxygens (including phenoxy) is 2. The zero-order valence-corrected chi connectivity index (χ0v) is 9.98. The van der Waals surface area contributed by atoms with Gasteiger partial charge in [-0.2, -0.15) is 0 Å². The summed E-state index contributed by atoms with van der Waals surface area (Å²) in [5.41, 5.74) is -0.249. The summed E-state index contributed by atoms with van der Waals surface area (Å²) in [6.45, 7) is -0.00852. The summed E-state index contributed by atoms with van der Waals surface area (Å²) in [5.74, 6) is 0.619. The molecule has 1 N–H and O–H groups in total. The van der Waals surface area contributed by atoms with Crippen LogP contribution in [0.15, 0.2) is 30.9 Å². The molecule has 2 heterocycles. The number of nitro groups is 1. The molecule has 0 saturated carbocycles. The van der Waals surface area contributed by atoms with Crippen LogP contribution in [0.25, 0.3) is 0 Å². The second-order valence-electron chi connectivity index (χ2n) is 3.88. The Morgan fingerprint density at radius 2 is 2.15 bits per heavy atom. The maximum atomic E-state index is 11.9. The third-order valence-corrected chi connectivity index (χ3v) is 2.67. The molecular formula is C11H8N4O5. The van der Waals surface area contributed by atoms with Gasteiger partial charge in [-0.3, -0.25) is 14.7 Å². The minimum absolute atomic E-state index is 0.00852. The number of rotatable bonds is 2. The van der Waals surface area contributed by atoms with Crippen molar-refractivity contribution in [1.29, 1.82) is 0 Å². The average molecular weight is 276 g/mol. The van der Waals surface area contributed by atoms with Gasteiger partial charge in [0.1, 0.15) is 12.0 Å². The number of imidazole rings is 1. The second kappa shape index (κ2) is 4.53. The standard InChI is InChI=1S/C11H8N4O5/c16-11(14-2-1-12-5-14)13-7-3-9-10(20-6-19-9)4-8(7)15(17)18/h1-5H,6H2,(H,13,16). The third kappa shape index (κ3) is 2.00. The molecule has 3 rings (SSSR count). The van der Waals surface area contributed by atoms with Crippen molar-refractivity contribution in [1.82, 2.24) is 9.55 Å². The van der Waals surface area contributed by atoms with Crippen LogP contribution in [0.2, 0.25) is 0 Å². The average Bonchev–Trinajstić information content (AvgIpc) is 3.08. The summed E-state index contributed by atoms with van der Waals surface area (Å²) in [7, 11) is 0. The minimum Gasteiger partial charge on any atom is -0.454 e. The van der Waals surface area contributed by atoms with Gasteiger partial charge in [-0.1, -0.05) is 0 Å². The van der Waals surface area contributed by atoms with Crippen LogP contribution in [0.1, 0.15) is 0 Å². The smallest absolute Gasteiger partial charge is 0.331 e. The number of nitrogens with zero attached hydrogens (tertiary/aromatic N) is 3. The van der Waals surface area contributed by atoms with Crippen molar-refractivity contribution >= 4 is 17.4 Å². The first-order valence-corrected chi connectivity index (χ1v) is 5.52. The highest BCUT2D eigenvalue weighted by atomic mass is 16.7. The molecule has 0 radical (unpaired) electrons. The monoisotopic (exact) mass is 276 g/mol. The number of aromatic nitrogens is 2. The van der Waals surface area contributed by atoms with E-state index in [0.717, 1.165) is 4.57 Å². The van der Waals surface area contributed by atoms with Crippen molar-refractivity contribution in [2.45, 2.75) is 0 Å². The molecule has 0 fully saturated rings. The Morgan fingerprint density at radius 3 is 2.80 bits per heavy atom. The SMILES string of the molecule is O=C(Nc1cc2c(cc1[N+](=O)[O-])OCO2)n1ccnc1. The van der Waals surface area contributed by atoms with E-state index in [-0.39, 0.29) is 23.9 Å². The zero-order chi connectivity index (χ0) is 14.1. The molecule has 1 aromatic heterocycles. The highest BCUT2D eigenvalue weighted by Crippen LogP contribution is 2.40. The molecule has 0 atom stereocenters. The summed E-state index contributed by atoms with van der Waals surface area (Å²) in [4.78, 5) is 26.0. The third-order valence-electron chi connectivity index (χ3n) is 2.67. The molecule has 20 heavy (non-hydrogen) atoms. The summed E-state index contributed by atoms with van der Waals surface area (Å²) < 4.78 is 11.4. The molecule has 9 heteroatoms. The largest absolute Gasteiger partial charge is 0.454 e. The number of hydrogen-bond donors (Lipinski definition) is 1. The first-order valence-electron chi connectivity index (χ1n) is 5.52. The maximum Gasteiger partial charge on any atom is 0.331 e. The van der Waals surface area contributed by atoms with Gasteiger partial charge in [-0.05, 0) is 0 Å². The fourth-order valence-corrected chi connectivity index (χ4v) is 1.74. The lowest BCUT2D eigenvalue weighted by Crippen LogP contribution is -2.18. The molecule has 2 aromatic rings. The van der Waals surface area contributed by atoms with Crippen molar-refractivity contribution < 1.29 is 19.2 Å². The molecule has 0 unspecified atom stereocenters. The van der Waals surface area contributed by atoms with Crippen LogP contribution >= 0.6 is 0 Å². The maximum absolute atomic E-state index is 11.9. The molecule has 1 amide bonds. The zero-order valence-electron chi connectivity index (χ0n) is 9.98. The van der Waals surface area contributed by atoms with Crippen LogP contribution in [0.4, 0.5) is 16.2 Å². The molecule has 1 aliphatic heterocycles. The van der Waals surface area contributed by atoms with Gasteiger partial charge < -0.3 is 14.8 Å². The Labute approximate surface area is 111 Å². The molecule has 0 bridgehead atoms. The fraction of sp³-hybridized carbons (Fsp3) is 0.0909. The van der Waals surface area contributed by atoms with Crippen molar-refractivity contribution in [3.63, 3.8) is 0 Å². The van der Waals surface area contributed by atoms with E-state index in [1.165, 1.54) is 30.9 Å². The van der Waals surface area contributed by atoms with Gasteiger partial charge in [0, 0.05) is 18.5 Å². The number of nitro benzene ring substituents is 1. The van der Waals surface area contributed by atoms with Crippen LogP contribution in [0.3, 0.4) is 0 Å². The summed E-state index contributed by atoms with van der Waals surface area (Å²) in [6, 6.07) is 2.01. The summed E-state index contributed by atoms with van der Waals surface area (Å²) >= 11 is 0. The highest BCUT2D eigenvalue weighted by Gasteiger charge is 2.24. The lowest BCUT2D eigenvalue weighted by Gasteiger charge is -2.07. The number of amides is 1. The van der Waals surface area contributed by atoms with E-state index in [1.54, 1.807) is 0 Å². The summed E-state index contributed by atoms with van der Waals surface area (Å²) in [5, 5.41) is 13.5. The number of carbonyl (C=O) groups is 1. The topological polar surface area (TPSA) is 109 Å². The van der Waals surface area contributed by atoms with Crippen molar-refractivity contribution in [2.75, 3.05) is 12.1 Å². The van der Waals surface area contributed by atoms with Crippen molar-refractivity contribution in [2.24, 2.45) is 0 Å². The molecule has 1 aromatic carbocycles. The van der Waals surface area contributed by atoms with Gasteiger partial charge in [0.2, 0.25) is 6.79 Å². The lowest BCUT2D eigenvalue weighted by molar-refractivity contribution is -0.384. The fourth-order valence-electron chi connectivity index (χ4n) is 1.74. The number of anilines is 1. The molecule has 0 spiro atoms. The van der Waals surface area contributed by atoms with E-state index in [0.29, 0.717) is 5.75 Å². The Morgan fingerprint density at radius 1 is 1.40 bits per heavy atom. The lowest BCUT2D eigenvalue weighted by atomic mass is 10.2. The Balaban J connectivity index is 1.96. The molecule has 0 aliphatic carbocycles. The van der Waals surface area contributed by atoms with Crippen LogP contribution in [0.5, 0.6) is 11.5 Å². The molecule has 9 nitrogen and oxygen atoms in total. The van der Waals surface area contributed by atoms with Gasteiger partial charge in [0.05, 0.1) is 11.0 Å². The predicted molar refractivity (Wildman–Crippen MR) is 65.9 cm³/mol. The van der Waals surface area contributed by atoms with Crippen LogP contribution in [-0.4, -0.2) is 27.3 Å². The molecular weight excluding hydrogens is 268 g/mol.